The minimum Gasteiger partial charge on any atom is -0.383 e. The number of benzene rings is 2. The van der Waals surface area contributed by atoms with Gasteiger partial charge in [-0.3, -0.25) is 9.59 Å². The number of rotatable bonds is 5. The van der Waals surface area contributed by atoms with Gasteiger partial charge in [-0.1, -0.05) is 48.5 Å². The summed E-state index contributed by atoms with van der Waals surface area (Å²) in [7, 11) is 3.45. The number of nitrogens with one attached hydrogen (secondary N) is 1. The molecule has 2 N–H and O–H groups in total. The number of fused-ring (bicyclic) bond motifs is 1. The molecule has 6 nitrogen and oxygen atoms in total. The van der Waals surface area contributed by atoms with Crippen LogP contribution in [0.2, 0.25) is 0 Å². The molecule has 160 valence electrons. The largest absolute Gasteiger partial charge is 0.383 e. The molecule has 0 bridgehead atoms. The van der Waals surface area contributed by atoms with Crippen molar-refractivity contribution in [1.29, 1.82) is 0 Å². The molecule has 1 aliphatic rings. The first kappa shape index (κ1) is 20.9. The second-order valence-electron chi connectivity index (χ2n) is 8.17. The average molecular weight is 418 g/mol. The van der Waals surface area contributed by atoms with E-state index >= 15 is 0 Å². The molecule has 0 radical (unpaired) electrons. The number of aliphatic hydroxyl groups excluding tert-OH is 1. The Morgan fingerprint density at radius 3 is 2.65 bits per heavy atom. The van der Waals surface area contributed by atoms with Crippen LogP contribution >= 0.6 is 0 Å². The van der Waals surface area contributed by atoms with Crippen LogP contribution < -0.4 is 0 Å². The highest BCUT2D eigenvalue weighted by molar-refractivity contribution is 5.98. The maximum Gasteiger partial charge on any atom is 0.269 e. The zero-order valence-corrected chi connectivity index (χ0v) is 17.8. The number of hydrogen-bond donors (Lipinski definition) is 2. The van der Waals surface area contributed by atoms with Gasteiger partial charge in [0, 0.05) is 44.5 Å². The molecule has 1 aliphatic heterocycles. The van der Waals surface area contributed by atoms with Crippen LogP contribution in [-0.2, 0) is 11.2 Å². The lowest BCUT2D eigenvalue weighted by Crippen LogP contribution is -2.42. The molecular weight excluding hydrogens is 390 g/mol. The van der Waals surface area contributed by atoms with Gasteiger partial charge in [0.15, 0.2) is 0 Å². The second kappa shape index (κ2) is 8.78. The first-order chi connectivity index (χ1) is 14.9. The lowest BCUT2D eigenvalue weighted by atomic mass is 9.99. The van der Waals surface area contributed by atoms with Crippen molar-refractivity contribution in [3.63, 3.8) is 0 Å². The second-order valence-corrected chi connectivity index (χ2v) is 8.17. The van der Waals surface area contributed by atoms with Crippen LogP contribution in [0.25, 0.3) is 16.5 Å². The summed E-state index contributed by atoms with van der Waals surface area (Å²) in [5.41, 5.74) is 4.43. The molecule has 0 saturated heterocycles. The predicted octanol–water partition coefficient (Wildman–Crippen LogP) is 3.09. The summed E-state index contributed by atoms with van der Waals surface area (Å²) < 4.78 is 0. The van der Waals surface area contributed by atoms with Gasteiger partial charge >= 0.3 is 0 Å². The van der Waals surface area contributed by atoms with Crippen molar-refractivity contribution in [1.82, 2.24) is 14.8 Å². The van der Waals surface area contributed by atoms with Gasteiger partial charge in [0.2, 0.25) is 0 Å². The molecule has 6 heteroatoms. The molecule has 0 fully saturated rings. The van der Waals surface area contributed by atoms with Gasteiger partial charge in [0.1, 0.15) is 11.8 Å². The minimum atomic E-state index is -1.05. The van der Waals surface area contributed by atoms with E-state index in [1.54, 1.807) is 23.9 Å². The number of nitrogens with zero attached hydrogens (tertiary/aromatic N) is 2. The molecule has 1 aromatic heterocycles. The lowest BCUT2D eigenvalue weighted by molar-refractivity contribution is -0.139. The van der Waals surface area contributed by atoms with Gasteiger partial charge < -0.3 is 19.9 Å². The van der Waals surface area contributed by atoms with Gasteiger partial charge in [-0.15, -0.1) is 0 Å². The fourth-order valence-electron chi connectivity index (χ4n) is 3.96. The molecule has 0 unspecified atom stereocenters. The molecule has 2 heterocycles. The van der Waals surface area contributed by atoms with Crippen LogP contribution in [0.3, 0.4) is 0 Å². The van der Waals surface area contributed by atoms with Gasteiger partial charge in [-0.25, -0.2) is 0 Å². The van der Waals surface area contributed by atoms with Crippen molar-refractivity contribution < 1.29 is 14.7 Å². The Bertz CT molecular complexity index is 1130. The SMILES string of the molecule is CN(C)C(=O)c1cc2ccc(C3=CCCN(C(=O)[C@H](O)Cc4ccccc4)C3)cc2[nH]1. The van der Waals surface area contributed by atoms with E-state index in [1.165, 1.54) is 0 Å². The van der Waals surface area contributed by atoms with Crippen LogP contribution in [0.4, 0.5) is 0 Å². The van der Waals surface area contributed by atoms with E-state index in [1.807, 2.05) is 54.6 Å². The first-order valence-electron chi connectivity index (χ1n) is 10.5. The van der Waals surface area contributed by atoms with Crippen molar-refractivity contribution in [2.75, 3.05) is 27.2 Å². The number of aromatic amines is 1. The third kappa shape index (κ3) is 4.54. The molecule has 2 amide bonds. The summed E-state index contributed by atoms with van der Waals surface area (Å²) in [4.78, 5) is 31.5. The van der Waals surface area contributed by atoms with Gasteiger partial charge in [0.05, 0.1) is 0 Å². The number of carbonyl (C=O) groups is 2. The molecule has 0 spiro atoms. The topological polar surface area (TPSA) is 76.6 Å². The van der Waals surface area contributed by atoms with Gasteiger partial charge in [-0.2, -0.15) is 0 Å². The Morgan fingerprint density at radius 1 is 1.13 bits per heavy atom. The zero-order chi connectivity index (χ0) is 22.0. The van der Waals surface area contributed by atoms with Crippen molar-refractivity contribution in [3.8, 4) is 0 Å². The highest BCUT2D eigenvalue weighted by Gasteiger charge is 2.25. The van der Waals surface area contributed by atoms with Crippen molar-refractivity contribution in [3.05, 3.63) is 77.5 Å². The minimum absolute atomic E-state index is 0.0705. The van der Waals surface area contributed by atoms with Gasteiger partial charge in [-0.05, 0) is 35.3 Å². The summed E-state index contributed by atoms with van der Waals surface area (Å²) in [5, 5.41) is 11.4. The Morgan fingerprint density at radius 2 is 1.90 bits per heavy atom. The summed E-state index contributed by atoms with van der Waals surface area (Å²) in [6.45, 7) is 1.06. The molecule has 1 atom stereocenters. The van der Waals surface area contributed by atoms with Crippen molar-refractivity contribution >= 4 is 28.3 Å². The standard InChI is InChI=1S/C25H27N3O3/c1-27(2)24(30)22-15-19-11-10-18(14-21(19)26-22)20-9-6-12-28(16-20)25(31)23(29)13-17-7-4-3-5-8-17/h3-5,7-11,14-15,23,26,29H,6,12-13,16H2,1-2H3/t23-/m1/s1. The Balaban J connectivity index is 1.49. The Kier molecular flexibility index (Phi) is 5.91. The number of aliphatic hydroxyl groups is 1. The third-order valence-corrected chi connectivity index (χ3v) is 5.65. The number of carbonyl (C=O) groups excluding carboxylic acids is 2. The highest BCUT2D eigenvalue weighted by atomic mass is 16.3. The Labute approximate surface area is 181 Å². The van der Waals surface area contributed by atoms with E-state index in [2.05, 4.69) is 11.1 Å². The summed E-state index contributed by atoms with van der Waals surface area (Å²) >= 11 is 0. The third-order valence-electron chi connectivity index (χ3n) is 5.65. The Hall–Kier alpha value is -3.38. The molecular formula is C25H27N3O3. The van der Waals surface area contributed by atoms with Crippen LogP contribution in [0.15, 0.2) is 60.7 Å². The molecule has 0 saturated carbocycles. The monoisotopic (exact) mass is 417 g/mol. The average Bonchev–Trinajstić information content (AvgIpc) is 3.22. The highest BCUT2D eigenvalue weighted by Crippen LogP contribution is 2.26. The van der Waals surface area contributed by atoms with Crippen molar-refractivity contribution in [2.24, 2.45) is 0 Å². The molecule has 31 heavy (non-hydrogen) atoms. The van der Waals surface area contributed by atoms with Crippen molar-refractivity contribution in [2.45, 2.75) is 18.9 Å². The van der Waals surface area contributed by atoms with E-state index in [-0.39, 0.29) is 11.8 Å². The number of aromatic nitrogens is 1. The maximum atomic E-state index is 12.8. The lowest BCUT2D eigenvalue weighted by Gasteiger charge is -2.29. The number of H-pyrrole nitrogens is 1. The quantitative estimate of drug-likeness (QED) is 0.670. The van der Waals surface area contributed by atoms with Crippen LogP contribution in [-0.4, -0.2) is 65.0 Å². The van der Waals surface area contributed by atoms with E-state index in [9.17, 15) is 14.7 Å². The fraction of sp³-hybridized carbons (Fsp3) is 0.280. The van der Waals surface area contributed by atoms with E-state index in [4.69, 9.17) is 0 Å². The summed E-state index contributed by atoms with van der Waals surface area (Å²) in [6.07, 6.45) is 2.15. The molecule has 0 aliphatic carbocycles. The predicted molar refractivity (Wildman–Crippen MR) is 122 cm³/mol. The molecule has 3 aromatic rings. The molecule has 4 rings (SSSR count). The maximum absolute atomic E-state index is 12.8. The van der Waals surface area contributed by atoms with Crippen LogP contribution in [0.1, 0.15) is 28.0 Å². The smallest absolute Gasteiger partial charge is 0.269 e. The van der Waals surface area contributed by atoms with Crippen LogP contribution in [0.5, 0.6) is 0 Å². The van der Waals surface area contributed by atoms with Gasteiger partial charge in [0.25, 0.3) is 11.8 Å². The first-order valence-corrected chi connectivity index (χ1v) is 10.5. The molecule has 2 aromatic carbocycles. The van der Waals surface area contributed by atoms with E-state index < -0.39 is 6.10 Å². The van der Waals surface area contributed by atoms with E-state index in [0.29, 0.717) is 25.2 Å². The summed E-state index contributed by atoms with van der Waals surface area (Å²) in [6, 6.07) is 17.4. The van der Waals surface area contributed by atoms with E-state index in [0.717, 1.165) is 34.0 Å². The number of hydrogen-bond acceptors (Lipinski definition) is 3. The normalized spacial score (nSPS) is 14.9. The van der Waals surface area contributed by atoms with Crippen LogP contribution in [0, 0.1) is 0 Å². The zero-order valence-electron chi connectivity index (χ0n) is 17.8. The number of amides is 2. The fourth-order valence-corrected chi connectivity index (χ4v) is 3.96. The summed E-state index contributed by atoms with van der Waals surface area (Å²) in [5.74, 6) is -0.312.